The molecule has 1 fully saturated rings. The van der Waals surface area contributed by atoms with Crippen LogP contribution >= 0.6 is 11.6 Å². The number of rotatable bonds is 5. The summed E-state index contributed by atoms with van der Waals surface area (Å²) in [5.74, 6) is 0.957. The van der Waals surface area contributed by atoms with Crippen molar-refractivity contribution < 1.29 is 0 Å². The third kappa shape index (κ3) is 3.36. The van der Waals surface area contributed by atoms with Crippen molar-refractivity contribution in [3.8, 4) is 0 Å². The highest BCUT2D eigenvalue weighted by Crippen LogP contribution is 2.26. The lowest BCUT2D eigenvalue weighted by Crippen LogP contribution is -2.18. The third-order valence-corrected chi connectivity index (χ3v) is 4.73. The van der Waals surface area contributed by atoms with Crippen molar-refractivity contribution in [2.24, 2.45) is 5.92 Å². The third-order valence-electron chi connectivity index (χ3n) is 4.50. The first-order chi connectivity index (χ1) is 9.83. The molecule has 2 nitrogen and oxygen atoms in total. The number of aromatic nitrogens is 1. The van der Waals surface area contributed by atoms with E-state index in [9.17, 15) is 0 Å². The van der Waals surface area contributed by atoms with Gasteiger partial charge in [-0.05, 0) is 36.6 Å². The van der Waals surface area contributed by atoms with Crippen LogP contribution in [-0.4, -0.2) is 11.5 Å². The topological polar surface area (TPSA) is 27.8 Å². The Balaban J connectivity index is 1.49. The minimum Gasteiger partial charge on any atom is -0.361 e. The second-order valence-electron chi connectivity index (χ2n) is 5.97. The van der Waals surface area contributed by atoms with Gasteiger partial charge in [0, 0.05) is 28.7 Å². The van der Waals surface area contributed by atoms with Crippen molar-refractivity contribution in [3.63, 3.8) is 0 Å². The lowest BCUT2D eigenvalue weighted by Gasteiger charge is -2.21. The second kappa shape index (κ2) is 6.64. The van der Waals surface area contributed by atoms with Crippen LogP contribution in [0.2, 0.25) is 5.02 Å². The molecule has 1 heterocycles. The molecule has 1 aliphatic carbocycles. The van der Waals surface area contributed by atoms with Crippen LogP contribution in [0.15, 0.2) is 24.4 Å². The zero-order valence-electron chi connectivity index (χ0n) is 11.9. The summed E-state index contributed by atoms with van der Waals surface area (Å²) < 4.78 is 0. The number of nitrogens with one attached hydrogen (secondary N) is 2. The van der Waals surface area contributed by atoms with Crippen molar-refractivity contribution in [3.05, 3.63) is 35.0 Å². The summed E-state index contributed by atoms with van der Waals surface area (Å²) in [6.45, 7) is 2.07. The molecule has 1 aromatic heterocycles. The van der Waals surface area contributed by atoms with Gasteiger partial charge in [-0.15, -0.1) is 0 Å². The van der Waals surface area contributed by atoms with Crippen LogP contribution < -0.4 is 5.32 Å². The Kier molecular flexibility index (Phi) is 4.64. The molecule has 3 heteroatoms. The van der Waals surface area contributed by atoms with Gasteiger partial charge in [-0.3, -0.25) is 0 Å². The number of fused-ring (bicyclic) bond motifs is 1. The number of aromatic amines is 1. The van der Waals surface area contributed by atoms with E-state index in [1.165, 1.54) is 49.5 Å². The minimum atomic E-state index is 0.788. The first-order valence-electron chi connectivity index (χ1n) is 7.79. The van der Waals surface area contributed by atoms with Crippen molar-refractivity contribution in [2.45, 2.75) is 45.1 Å². The fraction of sp³-hybridized carbons (Fsp3) is 0.529. The Bertz CT molecular complexity index is 555. The van der Waals surface area contributed by atoms with Crippen LogP contribution in [0.3, 0.4) is 0 Å². The summed E-state index contributed by atoms with van der Waals surface area (Å²) in [6.07, 6.45) is 10.6. The van der Waals surface area contributed by atoms with Crippen molar-refractivity contribution in [1.82, 2.24) is 10.3 Å². The first kappa shape index (κ1) is 14.0. The maximum absolute atomic E-state index is 6.01. The van der Waals surface area contributed by atoms with Gasteiger partial charge in [-0.2, -0.15) is 0 Å². The predicted molar refractivity (Wildman–Crippen MR) is 86.2 cm³/mol. The van der Waals surface area contributed by atoms with Gasteiger partial charge in [-0.25, -0.2) is 0 Å². The Morgan fingerprint density at radius 3 is 2.90 bits per heavy atom. The van der Waals surface area contributed by atoms with E-state index in [2.05, 4.69) is 22.6 Å². The molecule has 3 rings (SSSR count). The molecule has 0 atom stereocenters. The molecule has 1 aliphatic rings. The molecule has 108 valence electrons. The van der Waals surface area contributed by atoms with E-state index in [0.29, 0.717) is 0 Å². The Morgan fingerprint density at radius 2 is 2.05 bits per heavy atom. The molecule has 1 saturated carbocycles. The van der Waals surface area contributed by atoms with Gasteiger partial charge >= 0.3 is 0 Å². The van der Waals surface area contributed by atoms with E-state index in [4.69, 9.17) is 11.6 Å². The van der Waals surface area contributed by atoms with E-state index < -0.39 is 0 Å². The summed E-state index contributed by atoms with van der Waals surface area (Å²) in [6, 6.07) is 6.05. The van der Waals surface area contributed by atoms with Crippen LogP contribution in [0.1, 0.15) is 44.1 Å². The summed E-state index contributed by atoms with van der Waals surface area (Å²) in [5.41, 5.74) is 2.46. The highest BCUT2D eigenvalue weighted by Gasteiger charge is 2.12. The quantitative estimate of drug-likeness (QED) is 0.755. The summed E-state index contributed by atoms with van der Waals surface area (Å²) in [5, 5.41) is 5.65. The summed E-state index contributed by atoms with van der Waals surface area (Å²) in [4.78, 5) is 3.29. The average Bonchev–Trinajstić information content (AvgIpc) is 2.87. The van der Waals surface area contributed by atoms with Crippen LogP contribution in [0, 0.1) is 5.92 Å². The number of benzene rings is 1. The highest BCUT2D eigenvalue weighted by molar-refractivity contribution is 6.31. The Hall–Kier alpha value is -0.990. The maximum Gasteiger partial charge on any atom is 0.0472 e. The van der Waals surface area contributed by atoms with E-state index in [0.717, 1.165) is 29.5 Å². The highest BCUT2D eigenvalue weighted by atomic mass is 35.5. The van der Waals surface area contributed by atoms with Gasteiger partial charge in [0.25, 0.3) is 0 Å². The number of hydrogen-bond acceptors (Lipinski definition) is 1. The van der Waals surface area contributed by atoms with Gasteiger partial charge in [0.15, 0.2) is 0 Å². The van der Waals surface area contributed by atoms with E-state index in [1.54, 1.807) is 0 Å². The van der Waals surface area contributed by atoms with Gasteiger partial charge < -0.3 is 10.3 Å². The fourth-order valence-corrected chi connectivity index (χ4v) is 3.48. The lowest BCUT2D eigenvalue weighted by atomic mass is 9.87. The van der Waals surface area contributed by atoms with Crippen LogP contribution in [-0.2, 0) is 6.54 Å². The lowest BCUT2D eigenvalue weighted by molar-refractivity contribution is 0.334. The molecule has 2 aromatic rings. The summed E-state index contributed by atoms with van der Waals surface area (Å²) >= 11 is 6.01. The predicted octanol–water partition coefficient (Wildman–Crippen LogP) is 4.88. The SMILES string of the molecule is Clc1ccc2c(CNCCC3CCCCC3)c[nH]c2c1. The van der Waals surface area contributed by atoms with E-state index >= 15 is 0 Å². The van der Waals surface area contributed by atoms with Crippen LogP contribution in [0.5, 0.6) is 0 Å². The monoisotopic (exact) mass is 290 g/mol. The molecule has 0 saturated heterocycles. The Morgan fingerprint density at radius 1 is 1.20 bits per heavy atom. The van der Waals surface area contributed by atoms with Gasteiger partial charge in [-0.1, -0.05) is 49.8 Å². The zero-order chi connectivity index (χ0) is 13.8. The second-order valence-corrected chi connectivity index (χ2v) is 6.41. The van der Waals surface area contributed by atoms with Crippen molar-refractivity contribution in [1.29, 1.82) is 0 Å². The average molecular weight is 291 g/mol. The number of hydrogen-bond donors (Lipinski definition) is 2. The smallest absolute Gasteiger partial charge is 0.0472 e. The van der Waals surface area contributed by atoms with E-state index in [-0.39, 0.29) is 0 Å². The molecule has 20 heavy (non-hydrogen) atoms. The van der Waals surface area contributed by atoms with Gasteiger partial charge in [0.05, 0.1) is 0 Å². The largest absolute Gasteiger partial charge is 0.361 e. The van der Waals surface area contributed by atoms with Crippen molar-refractivity contribution >= 4 is 22.5 Å². The zero-order valence-corrected chi connectivity index (χ0v) is 12.7. The molecule has 0 bridgehead atoms. The van der Waals surface area contributed by atoms with Crippen LogP contribution in [0.25, 0.3) is 10.9 Å². The van der Waals surface area contributed by atoms with Crippen LogP contribution in [0.4, 0.5) is 0 Å². The molecule has 0 unspecified atom stereocenters. The maximum atomic E-state index is 6.01. The fourth-order valence-electron chi connectivity index (χ4n) is 3.31. The summed E-state index contributed by atoms with van der Waals surface area (Å²) in [7, 11) is 0. The molecular formula is C17H23ClN2. The standard InChI is InChI=1S/C17H23ClN2/c18-15-6-7-16-14(12-20-17(16)10-15)11-19-9-8-13-4-2-1-3-5-13/h6-7,10,12-13,19-20H,1-5,8-9,11H2. The van der Waals surface area contributed by atoms with Gasteiger partial charge in [0.1, 0.15) is 0 Å². The first-order valence-corrected chi connectivity index (χ1v) is 8.17. The van der Waals surface area contributed by atoms with Crippen molar-refractivity contribution in [2.75, 3.05) is 6.54 Å². The number of halogens is 1. The van der Waals surface area contributed by atoms with Gasteiger partial charge in [0.2, 0.25) is 0 Å². The minimum absolute atomic E-state index is 0.788. The molecule has 1 aromatic carbocycles. The molecule has 0 radical (unpaired) electrons. The molecule has 0 aliphatic heterocycles. The molecular weight excluding hydrogens is 268 g/mol. The number of H-pyrrole nitrogens is 1. The van der Waals surface area contributed by atoms with E-state index in [1.807, 2.05) is 12.1 Å². The normalized spacial score (nSPS) is 16.9. The molecule has 0 amide bonds. The Labute approximate surface area is 125 Å². The molecule has 2 N–H and O–H groups in total. The molecule has 0 spiro atoms.